The Hall–Kier alpha value is -3.64. The molecule has 5 nitrogen and oxygen atoms in total. The Kier molecular flexibility index (Phi) is 6.32. The molecule has 5 aromatic rings. The molecule has 1 atom stereocenters. The van der Waals surface area contributed by atoms with Crippen molar-refractivity contribution in [2.75, 3.05) is 0 Å². The van der Waals surface area contributed by atoms with Crippen molar-refractivity contribution < 1.29 is 0 Å². The van der Waals surface area contributed by atoms with Crippen LogP contribution in [0.3, 0.4) is 0 Å². The molecule has 0 saturated carbocycles. The summed E-state index contributed by atoms with van der Waals surface area (Å²) < 4.78 is 3.77. The predicted molar refractivity (Wildman–Crippen MR) is 140 cm³/mol. The molecule has 1 unspecified atom stereocenters. The molecule has 2 heterocycles. The molecule has 0 aliphatic carbocycles. The summed E-state index contributed by atoms with van der Waals surface area (Å²) in [6.45, 7) is 4.17. The molecular weight excluding hydrogens is 440 g/mol. The van der Waals surface area contributed by atoms with Gasteiger partial charge in [0, 0.05) is 29.1 Å². The number of thioether (sulfide) groups is 1. The van der Waals surface area contributed by atoms with Gasteiger partial charge in [-0.05, 0) is 37.6 Å². The van der Waals surface area contributed by atoms with Crippen molar-refractivity contribution in [3.8, 4) is 16.9 Å². The summed E-state index contributed by atoms with van der Waals surface area (Å²) in [5.74, 6) is 0.651. The van der Waals surface area contributed by atoms with E-state index in [1.807, 2.05) is 82.0 Å². The van der Waals surface area contributed by atoms with Crippen molar-refractivity contribution in [1.82, 2.24) is 19.3 Å². The number of hydrogen-bond acceptors (Lipinski definition) is 4. The highest BCUT2D eigenvalue weighted by molar-refractivity contribution is 7.98. The normalized spacial score (nSPS) is 12.2. The first-order chi connectivity index (χ1) is 16.7. The van der Waals surface area contributed by atoms with Gasteiger partial charge in [-0.25, -0.2) is 9.67 Å². The van der Waals surface area contributed by atoms with Gasteiger partial charge >= 0.3 is 0 Å². The summed E-state index contributed by atoms with van der Waals surface area (Å²) in [4.78, 5) is 18.2. The van der Waals surface area contributed by atoms with Crippen LogP contribution in [-0.4, -0.2) is 19.3 Å². The van der Waals surface area contributed by atoms with Gasteiger partial charge in [-0.1, -0.05) is 79.3 Å². The Morgan fingerprint density at radius 3 is 2.32 bits per heavy atom. The molecule has 170 valence electrons. The van der Waals surface area contributed by atoms with E-state index in [-0.39, 0.29) is 11.6 Å². The van der Waals surface area contributed by atoms with E-state index in [1.165, 1.54) is 0 Å². The Bertz CT molecular complexity index is 1480. The molecule has 2 aromatic heterocycles. The Morgan fingerprint density at radius 1 is 0.912 bits per heavy atom. The maximum absolute atomic E-state index is 13.3. The van der Waals surface area contributed by atoms with Crippen LogP contribution < -0.4 is 5.56 Å². The molecule has 3 aromatic carbocycles. The highest BCUT2D eigenvalue weighted by atomic mass is 32.2. The highest BCUT2D eigenvalue weighted by Crippen LogP contribution is 2.31. The molecular formula is C28H26N4OS. The SMILES string of the molecule is CCC(C)n1c(SCc2cn(-c3ccccc3)nc2-c2ccccc2)nc2ccccc2c1=O. The second kappa shape index (κ2) is 9.69. The van der Waals surface area contributed by atoms with Gasteiger partial charge in [-0.15, -0.1) is 0 Å². The summed E-state index contributed by atoms with van der Waals surface area (Å²) in [6.07, 6.45) is 2.94. The maximum Gasteiger partial charge on any atom is 0.262 e. The van der Waals surface area contributed by atoms with Crippen molar-refractivity contribution >= 4 is 22.7 Å². The van der Waals surface area contributed by atoms with E-state index in [4.69, 9.17) is 10.1 Å². The van der Waals surface area contributed by atoms with E-state index in [1.54, 1.807) is 11.8 Å². The summed E-state index contributed by atoms with van der Waals surface area (Å²) in [6, 6.07) is 28.0. The van der Waals surface area contributed by atoms with E-state index in [9.17, 15) is 4.79 Å². The van der Waals surface area contributed by atoms with Gasteiger partial charge in [0.2, 0.25) is 0 Å². The van der Waals surface area contributed by atoms with E-state index >= 15 is 0 Å². The number of nitrogens with zero attached hydrogens (tertiary/aromatic N) is 4. The molecule has 34 heavy (non-hydrogen) atoms. The largest absolute Gasteiger partial charge is 0.284 e. The van der Waals surface area contributed by atoms with Crippen LogP contribution in [0.15, 0.2) is 101 Å². The second-order valence-corrected chi connectivity index (χ2v) is 9.22. The smallest absolute Gasteiger partial charge is 0.262 e. The van der Waals surface area contributed by atoms with E-state index in [0.29, 0.717) is 11.1 Å². The molecule has 0 N–H and O–H groups in total. The van der Waals surface area contributed by atoms with Crippen molar-refractivity contribution in [3.05, 3.63) is 107 Å². The molecule has 6 heteroatoms. The third-order valence-electron chi connectivity index (χ3n) is 6.02. The molecule has 0 fully saturated rings. The fraction of sp³-hybridized carbons (Fsp3) is 0.179. The number of para-hydroxylation sites is 2. The van der Waals surface area contributed by atoms with E-state index in [2.05, 4.69) is 32.2 Å². The molecule has 5 rings (SSSR count). The molecule has 0 radical (unpaired) electrons. The molecule has 0 aliphatic heterocycles. The first kappa shape index (κ1) is 22.2. The minimum absolute atomic E-state index is 0.0192. The lowest BCUT2D eigenvalue weighted by molar-refractivity contribution is 0.468. The van der Waals surface area contributed by atoms with Crippen LogP contribution in [0.25, 0.3) is 27.8 Å². The second-order valence-electron chi connectivity index (χ2n) is 8.28. The number of fused-ring (bicyclic) bond motifs is 1. The number of rotatable bonds is 7. The first-order valence-corrected chi connectivity index (χ1v) is 12.5. The zero-order valence-electron chi connectivity index (χ0n) is 19.3. The van der Waals surface area contributed by atoms with Crippen LogP contribution >= 0.6 is 11.8 Å². The van der Waals surface area contributed by atoms with Crippen molar-refractivity contribution in [2.45, 2.75) is 37.2 Å². The van der Waals surface area contributed by atoms with Gasteiger partial charge in [-0.3, -0.25) is 9.36 Å². The van der Waals surface area contributed by atoms with Gasteiger partial charge in [0.25, 0.3) is 5.56 Å². The Balaban J connectivity index is 1.57. The van der Waals surface area contributed by atoms with Crippen molar-refractivity contribution in [2.24, 2.45) is 0 Å². The Morgan fingerprint density at radius 2 is 1.59 bits per heavy atom. The average molecular weight is 467 g/mol. The highest BCUT2D eigenvalue weighted by Gasteiger charge is 2.18. The molecule has 0 bridgehead atoms. The third kappa shape index (κ3) is 4.29. The van der Waals surface area contributed by atoms with E-state index in [0.717, 1.165) is 39.6 Å². The minimum Gasteiger partial charge on any atom is -0.284 e. The van der Waals surface area contributed by atoms with Crippen LogP contribution in [0.1, 0.15) is 31.9 Å². The van der Waals surface area contributed by atoms with Crippen molar-refractivity contribution in [1.29, 1.82) is 0 Å². The monoisotopic (exact) mass is 466 g/mol. The van der Waals surface area contributed by atoms with Crippen LogP contribution in [0.4, 0.5) is 0 Å². The molecule has 0 spiro atoms. The van der Waals surface area contributed by atoms with Crippen LogP contribution in [0.2, 0.25) is 0 Å². The van der Waals surface area contributed by atoms with Crippen LogP contribution in [0, 0.1) is 0 Å². The third-order valence-corrected chi connectivity index (χ3v) is 7.02. The summed E-state index contributed by atoms with van der Waals surface area (Å²) in [5, 5.41) is 6.32. The zero-order chi connectivity index (χ0) is 23.5. The summed E-state index contributed by atoms with van der Waals surface area (Å²) in [5.41, 5.74) is 4.87. The standard InChI is InChI=1S/C28H26N4OS/c1-3-20(2)32-27(33)24-16-10-11-17-25(24)29-28(32)34-19-22-18-31(23-14-8-5-9-15-23)30-26(22)21-12-6-4-7-13-21/h4-18,20H,3,19H2,1-2H3. The molecule has 0 saturated heterocycles. The predicted octanol–water partition coefficient (Wildman–Crippen LogP) is 6.51. The zero-order valence-corrected chi connectivity index (χ0v) is 20.1. The quantitative estimate of drug-likeness (QED) is 0.203. The minimum atomic E-state index is 0.0192. The van der Waals surface area contributed by atoms with Crippen LogP contribution in [-0.2, 0) is 5.75 Å². The van der Waals surface area contributed by atoms with Crippen molar-refractivity contribution in [3.63, 3.8) is 0 Å². The van der Waals surface area contributed by atoms with Crippen LogP contribution in [0.5, 0.6) is 0 Å². The summed E-state index contributed by atoms with van der Waals surface area (Å²) in [7, 11) is 0. The fourth-order valence-corrected chi connectivity index (χ4v) is 5.07. The average Bonchev–Trinajstić information content (AvgIpc) is 3.32. The summed E-state index contributed by atoms with van der Waals surface area (Å²) >= 11 is 1.59. The first-order valence-electron chi connectivity index (χ1n) is 11.5. The van der Waals surface area contributed by atoms with Gasteiger partial charge in [0.05, 0.1) is 22.3 Å². The topological polar surface area (TPSA) is 52.7 Å². The Labute approximate surface area is 203 Å². The molecule has 0 aliphatic rings. The van der Waals surface area contributed by atoms with Gasteiger partial charge in [-0.2, -0.15) is 5.10 Å². The molecule has 0 amide bonds. The van der Waals surface area contributed by atoms with Gasteiger partial charge < -0.3 is 0 Å². The fourth-order valence-electron chi connectivity index (χ4n) is 4.01. The maximum atomic E-state index is 13.3. The lowest BCUT2D eigenvalue weighted by Gasteiger charge is -2.18. The lowest BCUT2D eigenvalue weighted by Crippen LogP contribution is -2.26. The van der Waals surface area contributed by atoms with E-state index < -0.39 is 0 Å². The number of benzene rings is 3. The lowest BCUT2D eigenvalue weighted by atomic mass is 10.1. The van der Waals surface area contributed by atoms with Gasteiger partial charge in [0.15, 0.2) is 5.16 Å². The number of hydrogen-bond donors (Lipinski definition) is 0. The number of aromatic nitrogens is 4. The van der Waals surface area contributed by atoms with Gasteiger partial charge in [0.1, 0.15) is 0 Å².